The van der Waals surface area contributed by atoms with Crippen molar-refractivity contribution < 1.29 is 14.0 Å². The molecule has 2 aromatic rings. The molecule has 3 heterocycles. The van der Waals surface area contributed by atoms with Gasteiger partial charge in [0.15, 0.2) is 0 Å². The topological polar surface area (TPSA) is 77.3 Å². The van der Waals surface area contributed by atoms with Crippen LogP contribution in [0.4, 0.5) is 10.1 Å². The van der Waals surface area contributed by atoms with Gasteiger partial charge in [0.05, 0.1) is 28.3 Å². The van der Waals surface area contributed by atoms with E-state index >= 15 is 0 Å². The fourth-order valence-electron chi connectivity index (χ4n) is 5.22. The highest BCUT2D eigenvalue weighted by Gasteiger charge is 2.38. The first-order chi connectivity index (χ1) is 15.9. The average molecular weight is 449 g/mol. The number of ketones is 1. The van der Waals surface area contributed by atoms with Gasteiger partial charge in [-0.15, -0.1) is 0 Å². The fourth-order valence-corrected chi connectivity index (χ4v) is 5.22. The number of Topliss-reactive ketones (excluding diaryl/α,β-unsaturated/α-hetero) is 1. The number of amides is 1. The van der Waals surface area contributed by atoms with Crippen molar-refractivity contribution >= 4 is 28.3 Å². The van der Waals surface area contributed by atoms with E-state index in [1.165, 1.54) is 12.1 Å². The number of anilines is 1. The summed E-state index contributed by atoms with van der Waals surface area (Å²) in [5.41, 5.74) is 1.44. The third kappa shape index (κ3) is 4.19. The van der Waals surface area contributed by atoms with Gasteiger partial charge in [0.25, 0.3) is 5.91 Å². The molecule has 1 amide bonds. The number of carbonyl (C=O) groups excluding carboxylic acids is 2. The smallest absolute Gasteiger partial charge is 0.257 e. The highest BCUT2D eigenvalue weighted by atomic mass is 19.1. The summed E-state index contributed by atoms with van der Waals surface area (Å²) in [5, 5.41) is 10.1. The summed E-state index contributed by atoms with van der Waals surface area (Å²) >= 11 is 0. The number of hydrogen-bond donors (Lipinski definition) is 0. The molecule has 6 nitrogen and oxygen atoms in total. The van der Waals surface area contributed by atoms with Crippen molar-refractivity contribution in [3.63, 3.8) is 0 Å². The Balaban J connectivity index is 1.44. The molecule has 7 heteroatoms. The number of nitriles is 1. The van der Waals surface area contributed by atoms with E-state index in [0.29, 0.717) is 79.8 Å². The molecule has 2 saturated heterocycles. The molecule has 1 aliphatic carbocycles. The molecule has 2 aliphatic heterocycles. The predicted molar refractivity (Wildman–Crippen MR) is 123 cm³/mol. The lowest BCUT2D eigenvalue weighted by Gasteiger charge is -2.38. The molecule has 0 radical (unpaired) electrons. The van der Waals surface area contributed by atoms with E-state index < -0.39 is 0 Å². The summed E-state index contributed by atoms with van der Waals surface area (Å²) in [4.78, 5) is 34.5. The molecule has 0 N–H and O–H groups in total. The molecule has 1 aromatic carbocycles. The molecule has 0 unspecified atom stereocenters. The van der Waals surface area contributed by atoms with Gasteiger partial charge in [-0.25, -0.2) is 4.39 Å². The third-order valence-corrected chi connectivity index (χ3v) is 7.65. The Labute approximate surface area is 193 Å². The normalized spacial score (nSPS) is 21.1. The minimum absolute atomic E-state index is 0.0654. The Kier molecular flexibility index (Phi) is 5.55. The minimum atomic E-state index is -0.384. The number of rotatable bonds is 4. The second-order valence-electron chi connectivity index (χ2n) is 10.1. The molecule has 3 aliphatic rings. The van der Waals surface area contributed by atoms with Gasteiger partial charge in [-0.3, -0.25) is 14.6 Å². The Hall–Kier alpha value is -3.01. The van der Waals surface area contributed by atoms with E-state index in [4.69, 9.17) is 0 Å². The standard InChI is InChI=1S/C26H29FN4O2/c1-26(16-28)8-12-30(13-9-26)23-20-14-19(27)4-5-22(20)29-15-21(23)25(33)31-10-6-18(7-11-31)24(32)17-2-3-17/h4-5,14-15,17-18H,2-3,6-13H2,1H3. The third-order valence-electron chi connectivity index (χ3n) is 7.65. The lowest BCUT2D eigenvalue weighted by molar-refractivity contribution is -0.125. The maximum atomic E-state index is 14.2. The second kappa shape index (κ2) is 8.40. The Bertz CT molecular complexity index is 1140. The van der Waals surface area contributed by atoms with Crippen molar-refractivity contribution in [1.29, 1.82) is 5.26 Å². The number of likely N-dealkylation sites (tertiary alicyclic amines) is 1. The van der Waals surface area contributed by atoms with Gasteiger partial charge < -0.3 is 9.80 Å². The van der Waals surface area contributed by atoms with Gasteiger partial charge in [0.1, 0.15) is 11.6 Å². The lowest BCUT2D eigenvalue weighted by atomic mass is 9.81. The van der Waals surface area contributed by atoms with Crippen LogP contribution in [0.3, 0.4) is 0 Å². The number of fused-ring (bicyclic) bond motifs is 1. The number of nitrogens with zero attached hydrogens (tertiary/aromatic N) is 4. The maximum absolute atomic E-state index is 14.2. The van der Waals surface area contributed by atoms with E-state index in [-0.39, 0.29) is 29.0 Å². The van der Waals surface area contributed by atoms with Crippen LogP contribution >= 0.6 is 0 Å². The van der Waals surface area contributed by atoms with Crippen molar-refractivity contribution in [3.05, 3.63) is 35.8 Å². The van der Waals surface area contributed by atoms with E-state index in [1.54, 1.807) is 12.3 Å². The summed E-state index contributed by atoms with van der Waals surface area (Å²) in [5.74, 6) is 0.208. The molecule has 172 valence electrons. The molecule has 3 fully saturated rings. The number of benzene rings is 1. The molecule has 1 aromatic heterocycles. The van der Waals surface area contributed by atoms with Crippen LogP contribution in [-0.2, 0) is 4.79 Å². The van der Waals surface area contributed by atoms with Crippen LogP contribution in [0.25, 0.3) is 10.9 Å². The van der Waals surface area contributed by atoms with Gasteiger partial charge in [-0.1, -0.05) is 0 Å². The van der Waals surface area contributed by atoms with Gasteiger partial charge in [-0.05, 0) is 63.6 Å². The van der Waals surface area contributed by atoms with Crippen molar-refractivity contribution in [3.8, 4) is 6.07 Å². The number of halogens is 1. The zero-order valence-electron chi connectivity index (χ0n) is 19.0. The average Bonchev–Trinajstić information content (AvgIpc) is 3.69. The van der Waals surface area contributed by atoms with Crippen LogP contribution < -0.4 is 4.90 Å². The number of carbonyl (C=O) groups is 2. The van der Waals surface area contributed by atoms with Crippen LogP contribution in [0.2, 0.25) is 0 Å². The molecular formula is C26H29FN4O2. The predicted octanol–water partition coefficient (Wildman–Crippen LogP) is 4.34. The number of pyridine rings is 1. The van der Waals surface area contributed by atoms with Crippen LogP contribution in [-0.4, -0.2) is 47.8 Å². The molecule has 5 rings (SSSR count). The highest BCUT2D eigenvalue weighted by molar-refractivity contribution is 6.07. The Morgan fingerprint density at radius 3 is 2.39 bits per heavy atom. The van der Waals surface area contributed by atoms with Gasteiger partial charge >= 0.3 is 0 Å². The van der Waals surface area contributed by atoms with Gasteiger partial charge in [-0.2, -0.15) is 5.26 Å². The van der Waals surface area contributed by atoms with Crippen LogP contribution in [0.15, 0.2) is 24.4 Å². The number of aromatic nitrogens is 1. The first-order valence-corrected chi connectivity index (χ1v) is 12.0. The van der Waals surface area contributed by atoms with E-state index in [2.05, 4.69) is 16.0 Å². The van der Waals surface area contributed by atoms with Crippen molar-refractivity contribution in [2.75, 3.05) is 31.1 Å². The first-order valence-electron chi connectivity index (χ1n) is 12.0. The largest absolute Gasteiger partial charge is 0.370 e. The SMILES string of the molecule is CC1(C#N)CCN(c2c(C(=O)N3CCC(C(=O)C4CC4)CC3)cnc3ccc(F)cc23)CC1. The molecule has 1 saturated carbocycles. The fraction of sp³-hybridized carbons (Fsp3) is 0.538. The van der Waals surface area contributed by atoms with Crippen molar-refractivity contribution in [1.82, 2.24) is 9.88 Å². The maximum Gasteiger partial charge on any atom is 0.257 e. The molecule has 0 spiro atoms. The lowest BCUT2D eigenvalue weighted by Crippen LogP contribution is -2.42. The molecular weight excluding hydrogens is 419 g/mol. The number of piperidine rings is 2. The summed E-state index contributed by atoms with van der Waals surface area (Å²) in [6.07, 6.45) is 6.42. The van der Waals surface area contributed by atoms with Crippen LogP contribution in [0.5, 0.6) is 0 Å². The second-order valence-corrected chi connectivity index (χ2v) is 10.1. The first kappa shape index (κ1) is 21.8. The Morgan fingerprint density at radius 2 is 1.76 bits per heavy atom. The van der Waals surface area contributed by atoms with Crippen molar-refractivity contribution in [2.45, 2.75) is 45.4 Å². The monoisotopic (exact) mass is 448 g/mol. The van der Waals surface area contributed by atoms with E-state index in [9.17, 15) is 19.2 Å². The molecule has 33 heavy (non-hydrogen) atoms. The zero-order chi connectivity index (χ0) is 23.2. The molecule has 0 bridgehead atoms. The van der Waals surface area contributed by atoms with Crippen LogP contribution in [0, 0.1) is 34.4 Å². The zero-order valence-corrected chi connectivity index (χ0v) is 19.0. The molecule has 0 atom stereocenters. The summed E-state index contributed by atoms with van der Waals surface area (Å²) in [6, 6.07) is 6.88. The summed E-state index contributed by atoms with van der Waals surface area (Å²) in [6.45, 7) is 4.31. The highest BCUT2D eigenvalue weighted by Crippen LogP contribution is 2.39. The quantitative estimate of drug-likeness (QED) is 0.696. The Morgan fingerprint density at radius 1 is 1.09 bits per heavy atom. The van der Waals surface area contributed by atoms with Crippen molar-refractivity contribution in [2.24, 2.45) is 17.3 Å². The van der Waals surface area contributed by atoms with Gasteiger partial charge in [0, 0.05) is 49.6 Å². The van der Waals surface area contributed by atoms with E-state index in [1.807, 2.05) is 11.8 Å². The summed E-state index contributed by atoms with van der Waals surface area (Å²) < 4.78 is 14.2. The number of hydrogen-bond acceptors (Lipinski definition) is 5. The minimum Gasteiger partial charge on any atom is -0.370 e. The summed E-state index contributed by atoms with van der Waals surface area (Å²) in [7, 11) is 0. The van der Waals surface area contributed by atoms with Gasteiger partial charge in [0.2, 0.25) is 0 Å². The van der Waals surface area contributed by atoms with Crippen LogP contribution in [0.1, 0.15) is 55.8 Å². The van der Waals surface area contributed by atoms with E-state index in [0.717, 1.165) is 12.8 Å².